The molecule has 11 nitrogen and oxygen atoms in total. The number of hydrogen-bond acceptors (Lipinski definition) is 14. The molecule has 0 aliphatic carbocycles. The van der Waals surface area contributed by atoms with E-state index in [1.165, 1.54) is 36.5 Å². The zero-order chi connectivity index (χ0) is 36.4. The summed E-state index contributed by atoms with van der Waals surface area (Å²) >= 11 is 0. The standard InChI is InChI=1S/C34H56N4O7S6/c35-38-36-20-9-1-2-13-30(39)37-34(24-43-31(40)14-6-3-10-27-17-21-46-49-27,25-44-32(41)15-7-4-11-28-18-22-47-50-28)26-45-33(42)16-8-5-12-29-19-23-48-51-29/h27-29H,1-26H2,(H,37,39). The molecule has 3 saturated heterocycles. The molecule has 0 aromatic heterocycles. The van der Waals surface area contributed by atoms with E-state index < -0.39 is 23.4 Å². The van der Waals surface area contributed by atoms with E-state index in [9.17, 15) is 19.2 Å². The van der Waals surface area contributed by atoms with Gasteiger partial charge in [0.05, 0.1) is 0 Å². The lowest BCUT2D eigenvalue weighted by Crippen LogP contribution is -2.59. The van der Waals surface area contributed by atoms with Crippen LogP contribution in [0.2, 0.25) is 0 Å². The topological polar surface area (TPSA) is 157 Å². The van der Waals surface area contributed by atoms with E-state index >= 15 is 0 Å². The molecule has 3 atom stereocenters. The van der Waals surface area contributed by atoms with Gasteiger partial charge in [-0.25, -0.2) is 0 Å². The summed E-state index contributed by atoms with van der Waals surface area (Å²) in [7, 11) is 11.5. The van der Waals surface area contributed by atoms with Crippen LogP contribution in [0.25, 0.3) is 10.4 Å². The number of amides is 1. The SMILES string of the molecule is [N-]=[N+]=NCCCCCC(=O)NC(COC(=O)CCCCC1CCSS1)(COC(=O)CCCCC1CCSS1)COC(=O)CCCCC1CCSS1. The summed E-state index contributed by atoms with van der Waals surface area (Å²) in [5.74, 6) is 2.00. The largest absolute Gasteiger partial charge is 0.463 e. The maximum Gasteiger partial charge on any atom is 0.305 e. The summed E-state index contributed by atoms with van der Waals surface area (Å²) in [6.07, 6.45) is 14.5. The molecule has 0 aromatic rings. The van der Waals surface area contributed by atoms with Gasteiger partial charge < -0.3 is 19.5 Å². The molecule has 3 rings (SSSR count). The van der Waals surface area contributed by atoms with Gasteiger partial charge in [-0.15, -0.1) is 0 Å². The minimum atomic E-state index is -1.42. The number of ether oxygens (including phenoxy) is 3. The van der Waals surface area contributed by atoms with Gasteiger partial charge in [-0.05, 0) is 76.2 Å². The molecule has 17 heteroatoms. The van der Waals surface area contributed by atoms with Gasteiger partial charge in [0.15, 0.2) is 0 Å². The first-order valence-corrected chi connectivity index (χ1v) is 25.7. The van der Waals surface area contributed by atoms with Crippen LogP contribution in [0.1, 0.15) is 122 Å². The maximum atomic E-state index is 13.3. The lowest BCUT2D eigenvalue weighted by atomic mass is 10.0. The first kappa shape index (κ1) is 44.7. The second kappa shape index (κ2) is 27.8. The predicted molar refractivity (Wildman–Crippen MR) is 217 cm³/mol. The number of carbonyl (C=O) groups is 4. The predicted octanol–water partition coefficient (Wildman–Crippen LogP) is 9.48. The van der Waals surface area contributed by atoms with Gasteiger partial charge in [-0.1, -0.05) is 95.6 Å². The number of hydrogen-bond donors (Lipinski definition) is 1. The Hall–Kier alpha value is -0.710. The molecule has 3 aliphatic heterocycles. The van der Waals surface area contributed by atoms with Gasteiger partial charge in [-0.2, -0.15) is 0 Å². The van der Waals surface area contributed by atoms with Crippen LogP contribution < -0.4 is 5.32 Å². The Morgan fingerprint density at radius 3 is 1.39 bits per heavy atom. The van der Waals surface area contributed by atoms with Gasteiger partial charge in [0.25, 0.3) is 0 Å². The Balaban J connectivity index is 1.58. The number of rotatable bonds is 28. The highest BCUT2D eigenvalue weighted by atomic mass is 33.1. The highest BCUT2D eigenvalue weighted by Crippen LogP contribution is 2.41. The second-order valence-electron chi connectivity index (χ2n) is 13.3. The smallest absolute Gasteiger partial charge is 0.305 e. The van der Waals surface area contributed by atoms with Crippen LogP contribution >= 0.6 is 64.8 Å². The molecule has 0 spiro atoms. The molecule has 0 bridgehead atoms. The second-order valence-corrected chi connectivity index (χ2v) is 21.7. The minimum absolute atomic E-state index is 0.167. The highest BCUT2D eigenvalue weighted by molar-refractivity contribution is 8.78. The number of nitrogens with zero attached hydrogens (tertiary/aromatic N) is 3. The first-order valence-electron chi connectivity index (χ1n) is 18.5. The number of esters is 3. The summed E-state index contributed by atoms with van der Waals surface area (Å²) in [6.45, 7) is -0.481. The Labute approximate surface area is 327 Å². The van der Waals surface area contributed by atoms with E-state index in [4.69, 9.17) is 19.7 Å². The summed E-state index contributed by atoms with van der Waals surface area (Å²) in [5, 5.41) is 8.40. The molecule has 3 fully saturated rings. The van der Waals surface area contributed by atoms with Gasteiger partial charge in [-0.3, -0.25) is 19.2 Å². The van der Waals surface area contributed by atoms with E-state index in [1.54, 1.807) is 0 Å². The van der Waals surface area contributed by atoms with E-state index in [-0.39, 0.29) is 51.4 Å². The van der Waals surface area contributed by atoms with Gasteiger partial charge in [0, 0.05) is 70.1 Å². The van der Waals surface area contributed by atoms with Crippen molar-refractivity contribution in [2.24, 2.45) is 5.11 Å². The number of nitrogens with one attached hydrogen (secondary N) is 1. The van der Waals surface area contributed by atoms with E-state index in [1.807, 2.05) is 64.8 Å². The van der Waals surface area contributed by atoms with E-state index in [0.717, 1.165) is 38.5 Å². The summed E-state index contributed by atoms with van der Waals surface area (Å²) in [6, 6.07) is 0. The van der Waals surface area contributed by atoms with Gasteiger partial charge >= 0.3 is 17.9 Å². The van der Waals surface area contributed by atoms with Crippen molar-refractivity contribution in [2.45, 2.75) is 143 Å². The number of azide groups is 1. The molecule has 3 aliphatic rings. The lowest BCUT2D eigenvalue weighted by Gasteiger charge is -2.33. The zero-order valence-corrected chi connectivity index (χ0v) is 34.7. The average molecular weight is 825 g/mol. The normalized spacial score (nSPS) is 21.1. The summed E-state index contributed by atoms with van der Waals surface area (Å²) in [5.41, 5.74) is 7.08. The van der Waals surface area contributed by atoms with Crippen LogP contribution in [0.5, 0.6) is 0 Å². The third kappa shape index (κ3) is 21.1. The average Bonchev–Trinajstić information content (AvgIpc) is 3.95. The Bertz CT molecular complexity index is 988. The fourth-order valence-corrected chi connectivity index (χ4v) is 14.9. The quantitative estimate of drug-likeness (QED) is 0.0152. The maximum absolute atomic E-state index is 13.3. The van der Waals surface area contributed by atoms with E-state index in [2.05, 4.69) is 15.3 Å². The minimum Gasteiger partial charge on any atom is -0.463 e. The Morgan fingerprint density at radius 1 is 0.608 bits per heavy atom. The molecular weight excluding hydrogens is 769 g/mol. The van der Waals surface area contributed by atoms with Crippen LogP contribution in [0, 0.1) is 0 Å². The number of carbonyl (C=O) groups excluding carboxylic acids is 4. The number of unbranched alkanes of at least 4 members (excludes halogenated alkanes) is 5. The van der Waals surface area contributed by atoms with Crippen LogP contribution in [-0.4, -0.2) is 88.7 Å². The molecule has 0 radical (unpaired) electrons. The third-order valence-electron chi connectivity index (χ3n) is 8.81. The zero-order valence-electron chi connectivity index (χ0n) is 29.8. The molecule has 1 amide bonds. The molecule has 3 unspecified atom stereocenters. The van der Waals surface area contributed by atoms with Crippen molar-refractivity contribution in [3.63, 3.8) is 0 Å². The summed E-state index contributed by atoms with van der Waals surface area (Å²) < 4.78 is 17.2. The Morgan fingerprint density at radius 2 is 1.02 bits per heavy atom. The van der Waals surface area contributed by atoms with Crippen molar-refractivity contribution < 1.29 is 33.4 Å². The highest BCUT2D eigenvalue weighted by Gasteiger charge is 2.37. The van der Waals surface area contributed by atoms with Crippen LogP contribution in [0.15, 0.2) is 5.11 Å². The van der Waals surface area contributed by atoms with Crippen molar-refractivity contribution in [3.05, 3.63) is 10.4 Å². The fraction of sp³-hybridized carbons (Fsp3) is 0.882. The van der Waals surface area contributed by atoms with Gasteiger partial charge in [0.1, 0.15) is 25.4 Å². The van der Waals surface area contributed by atoms with Crippen molar-refractivity contribution >= 4 is 88.6 Å². The van der Waals surface area contributed by atoms with Crippen molar-refractivity contribution in [2.75, 3.05) is 43.6 Å². The molecule has 0 saturated carbocycles. The molecule has 51 heavy (non-hydrogen) atoms. The lowest BCUT2D eigenvalue weighted by molar-refractivity contribution is -0.159. The summed E-state index contributed by atoms with van der Waals surface area (Å²) in [4.78, 5) is 54.8. The van der Waals surface area contributed by atoms with Crippen molar-refractivity contribution in [1.82, 2.24) is 5.32 Å². The molecule has 3 heterocycles. The third-order valence-corrected chi connectivity index (χ3v) is 17.8. The monoisotopic (exact) mass is 824 g/mol. The van der Waals surface area contributed by atoms with Crippen LogP contribution in [0.4, 0.5) is 0 Å². The molecular formula is C34H56N4O7S6. The van der Waals surface area contributed by atoms with Crippen molar-refractivity contribution in [3.8, 4) is 0 Å². The van der Waals surface area contributed by atoms with Crippen LogP contribution in [0.3, 0.4) is 0 Å². The van der Waals surface area contributed by atoms with Crippen molar-refractivity contribution in [1.29, 1.82) is 0 Å². The molecule has 290 valence electrons. The fourth-order valence-electron chi connectivity index (χ4n) is 5.77. The van der Waals surface area contributed by atoms with Gasteiger partial charge in [0.2, 0.25) is 5.91 Å². The van der Waals surface area contributed by atoms with E-state index in [0.29, 0.717) is 60.8 Å². The Kier molecular flexibility index (Phi) is 24.4. The molecule has 1 N–H and O–H groups in total. The first-order chi connectivity index (χ1) is 24.9. The van der Waals surface area contributed by atoms with Crippen LogP contribution in [-0.2, 0) is 33.4 Å². The molecule has 0 aromatic carbocycles.